The van der Waals surface area contributed by atoms with Gasteiger partial charge in [0.05, 0.1) is 0 Å². The van der Waals surface area contributed by atoms with Gasteiger partial charge in [-0.25, -0.2) is 0 Å². The molecule has 0 saturated heterocycles. The number of carbonyl (C=O) groups excluding carboxylic acids is 1. The summed E-state index contributed by atoms with van der Waals surface area (Å²) >= 11 is 3.44. The molecule has 1 fully saturated rings. The highest BCUT2D eigenvalue weighted by Crippen LogP contribution is 2.60. The maximum absolute atomic E-state index is 12.6. The molecule has 0 spiro atoms. The third-order valence-electron chi connectivity index (χ3n) is 4.66. The lowest BCUT2D eigenvalue weighted by Crippen LogP contribution is -2.34. The number of nitrogens with zero attached hydrogens (tertiary/aromatic N) is 1. The predicted octanol–water partition coefficient (Wildman–Crippen LogP) is 3.21. The standard InChI is InChI=1S/C16H20BrNO/c1-2-18(10-9-17)16(19)15-13-8-7-11-5-3-4-6-12(11)14(13)15/h3-6,13-15H,2,7-10H2,1H3. The van der Waals surface area contributed by atoms with Crippen molar-refractivity contribution < 1.29 is 4.79 Å². The Morgan fingerprint density at radius 3 is 2.95 bits per heavy atom. The lowest BCUT2D eigenvalue weighted by atomic mass is 9.92. The zero-order valence-electron chi connectivity index (χ0n) is 11.3. The van der Waals surface area contributed by atoms with Gasteiger partial charge in [-0.3, -0.25) is 4.79 Å². The summed E-state index contributed by atoms with van der Waals surface area (Å²) in [4.78, 5) is 14.6. The molecule has 3 atom stereocenters. The topological polar surface area (TPSA) is 20.3 Å². The third kappa shape index (κ3) is 2.22. The van der Waals surface area contributed by atoms with Crippen LogP contribution in [0.4, 0.5) is 0 Å². The van der Waals surface area contributed by atoms with Gasteiger partial charge in [0.1, 0.15) is 0 Å². The molecule has 1 amide bonds. The Labute approximate surface area is 123 Å². The molecule has 3 rings (SSSR count). The molecule has 1 aromatic rings. The van der Waals surface area contributed by atoms with Gasteiger partial charge in [0.25, 0.3) is 0 Å². The molecule has 3 unspecified atom stereocenters. The lowest BCUT2D eigenvalue weighted by molar-refractivity contribution is -0.132. The summed E-state index contributed by atoms with van der Waals surface area (Å²) in [6, 6.07) is 8.67. The number of aryl methyl sites for hydroxylation is 1. The van der Waals surface area contributed by atoms with Crippen molar-refractivity contribution in [1.29, 1.82) is 0 Å². The fraction of sp³-hybridized carbons (Fsp3) is 0.562. The Morgan fingerprint density at radius 1 is 1.42 bits per heavy atom. The second-order valence-electron chi connectivity index (χ2n) is 5.56. The van der Waals surface area contributed by atoms with Gasteiger partial charge in [-0.2, -0.15) is 0 Å². The molecule has 2 aliphatic rings. The average molecular weight is 322 g/mol. The fourth-order valence-corrected chi connectivity index (χ4v) is 4.07. The Bertz CT molecular complexity index is 487. The first-order valence-corrected chi connectivity index (χ1v) is 8.32. The normalized spacial score (nSPS) is 27.4. The molecular weight excluding hydrogens is 302 g/mol. The number of carbonyl (C=O) groups is 1. The highest BCUT2D eigenvalue weighted by Gasteiger charge is 2.57. The van der Waals surface area contributed by atoms with Gasteiger partial charge in [0, 0.05) is 24.3 Å². The van der Waals surface area contributed by atoms with E-state index < -0.39 is 0 Å². The number of hydrogen-bond acceptors (Lipinski definition) is 1. The monoisotopic (exact) mass is 321 g/mol. The van der Waals surface area contributed by atoms with Crippen molar-refractivity contribution in [2.75, 3.05) is 18.4 Å². The van der Waals surface area contributed by atoms with Crippen LogP contribution in [0.25, 0.3) is 0 Å². The van der Waals surface area contributed by atoms with Crippen molar-refractivity contribution in [3.05, 3.63) is 35.4 Å². The number of rotatable bonds is 4. The van der Waals surface area contributed by atoms with Crippen molar-refractivity contribution in [2.24, 2.45) is 11.8 Å². The van der Waals surface area contributed by atoms with Crippen LogP contribution in [0, 0.1) is 11.8 Å². The number of hydrogen-bond donors (Lipinski definition) is 0. The van der Waals surface area contributed by atoms with E-state index in [-0.39, 0.29) is 5.92 Å². The summed E-state index contributed by atoms with van der Waals surface area (Å²) in [6.45, 7) is 3.72. The van der Waals surface area contributed by atoms with Gasteiger partial charge >= 0.3 is 0 Å². The van der Waals surface area contributed by atoms with Crippen LogP contribution in [0.3, 0.4) is 0 Å². The Kier molecular flexibility index (Phi) is 3.66. The molecule has 0 aromatic heterocycles. The second-order valence-corrected chi connectivity index (χ2v) is 6.35. The smallest absolute Gasteiger partial charge is 0.226 e. The molecule has 0 aliphatic heterocycles. The third-order valence-corrected chi connectivity index (χ3v) is 5.02. The maximum Gasteiger partial charge on any atom is 0.226 e. The van der Waals surface area contributed by atoms with Gasteiger partial charge < -0.3 is 4.90 Å². The number of benzene rings is 1. The summed E-state index contributed by atoms with van der Waals surface area (Å²) in [5, 5.41) is 0.866. The summed E-state index contributed by atoms with van der Waals surface area (Å²) in [5.41, 5.74) is 2.90. The summed E-state index contributed by atoms with van der Waals surface area (Å²) in [6.07, 6.45) is 2.33. The van der Waals surface area contributed by atoms with Crippen LogP contribution in [0.2, 0.25) is 0 Å². The zero-order chi connectivity index (χ0) is 13.4. The number of alkyl halides is 1. The molecule has 0 radical (unpaired) electrons. The largest absolute Gasteiger partial charge is 0.342 e. The summed E-state index contributed by atoms with van der Waals surface area (Å²) in [5.74, 6) is 1.73. The minimum absolute atomic E-state index is 0.252. The number of fused-ring (bicyclic) bond motifs is 3. The fourth-order valence-electron chi connectivity index (χ4n) is 3.64. The van der Waals surface area contributed by atoms with Crippen LogP contribution in [0.1, 0.15) is 30.4 Å². The van der Waals surface area contributed by atoms with Crippen LogP contribution in [0.15, 0.2) is 24.3 Å². The van der Waals surface area contributed by atoms with Gasteiger partial charge in [0.2, 0.25) is 5.91 Å². The van der Waals surface area contributed by atoms with Crippen LogP contribution in [-0.2, 0) is 11.2 Å². The highest BCUT2D eigenvalue weighted by atomic mass is 79.9. The van der Waals surface area contributed by atoms with E-state index >= 15 is 0 Å². The number of halogens is 1. The Hall–Kier alpha value is -0.830. The molecule has 2 nitrogen and oxygen atoms in total. The molecular formula is C16H20BrNO. The summed E-state index contributed by atoms with van der Waals surface area (Å²) < 4.78 is 0. The van der Waals surface area contributed by atoms with Gasteiger partial charge in [0.15, 0.2) is 0 Å². The molecule has 0 bridgehead atoms. The van der Waals surface area contributed by atoms with E-state index in [1.807, 2.05) is 4.90 Å². The van der Waals surface area contributed by atoms with Crippen LogP contribution in [0.5, 0.6) is 0 Å². The summed E-state index contributed by atoms with van der Waals surface area (Å²) in [7, 11) is 0. The Balaban J connectivity index is 1.78. The average Bonchev–Trinajstić information content (AvgIpc) is 3.19. The molecule has 1 aromatic carbocycles. The lowest BCUT2D eigenvalue weighted by Gasteiger charge is -2.19. The first-order valence-electron chi connectivity index (χ1n) is 7.20. The van der Waals surface area contributed by atoms with Crippen molar-refractivity contribution in [3.8, 4) is 0 Å². The molecule has 1 saturated carbocycles. The van der Waals surface area contributed by atoms with Gasteiger partial charge in [-0.05, 0) is 42.7 Å². The van der Waals surface area contributed by atoms with Crippen LogP contribution < -0.4 is 0 Å². The van der Waals surface area contributed by atoms with Crippen molar-refractivity contribution in [3.63, 3.8) is 0 Å². The van der Waals surface area contributed by atoms with E-state index in [9.17, 15) is 4.79 Å². The van der Waals surface area contributed by atoms with Crippen molar-refractivity contribution in [1.82, 2.24) is 4.90 Å². The van der Waals surface area contributed by atoms with Crippen molar-refractivity contribution >= 4 is 21.8 Å². The second kappa shape index (κ2) is 5.28. The molecule has 3 heteroatoms. The molecule has 102 valence electrons. The first-order chi connectivity index (χ1) is 9.27. The minimum Gasteiger partial charge on any atom is -0.342 e. The van der Waals surface area contributed by atoms with E-state index in [0.29, 0.717) is 17.7 Å². The van der Waals surface area contributed by atoms with Crippen molar-refractivity contribution in [2.45, 2.75) is 25.7 Å². The van der Waals surface area contributed by atoms with Gasteiger partial charge in [-0.1, -0.05) is 40.2 Å². The van der Waals surface area contributed by atoms with E-state index in [1.165, 1.54) is 17.5 Å². The molecule has 0 N–H and O–H groups in total. The maximum atomic E-state index is 12.6. The SMILES string of the molecule is CCN(CCBr)C(=O)C1C2CCc3ccccc3C21. The Morgan fingerprint density at radius 2 is 2.21 bits per heavy atom. The zero-order valence-corrected chi connectivity index (χ0v) is 12.9. The quantitative estimate of drug-likeness (QED) is 0.780. The van der Waals surface area contributed by atoms with E-state index in [1.54, 1.807) is 0 Å². The van der Waals surface area contributed by atoms with Gasteiger partial charge in [-0.15, -0.1) is 0 Å². The predicted molar refractivity (Wildman–Crippen MR) is 80.5 cm³/mol. The van der Waals surface area contributed by atoms with E-state index in [2.05, 4.69) is 47.1 Å². The molecule has 2 aliphatic carbocycles. The minimum atomic E-state index is 0.252. The number of amides is 1. The van der Waals surface area contributed by atoms with Crippen LogP contribution >= 0.6 is 15.9 Å². The molecule has 0 heterocycles. The van der Waals surface area contributed by atoms with E-state index in [0.717, 1.165) is 24.8 Å². The van der Waals surface area contributed by atoms with E-state index in [4.69, 9.17) is 0 Å². The highest BCUT2D eigenvalue weighted by molar-refractivity contribution is 9.09. The molecule has 19 heavy (non-hydrogen) atoms. The van der Waals surface area contributed by atoms with Crippen LogP contribution in [-0.4, -0.2) is 29.2 Å². The first kappa shape index (κ1) is 13.2.